The molecule has 13 heavy (non-hydrogen) atoms. The molecule has 0 bridgehead atoms. The van der Waals surface area contributed by atoms with Crippen LogP contribution in [0.2, 0.25) is 0 Å². The van der Waals surface area contributed by atoms with Crippen molar-refractivity contribution in [1.82, 2.24) is 10.2 Å². The fourth-order valence-corrected chi connectivity index (χ4v) is 1.32. The predicted molar refractivity (Wildman–Crippen MR) is 57.0 cm³/mol. The maximum absolute atomic E-state index is 8.66. The van der Waals surface area contributed by atoms with Gasteiger partial charge in [-0.3, -0.25) is 0 Å². The highest BCUT2D eigenvalue weighted by Crippen LogP contribution is 1.99. The van der Waals surface area contributed by atoms with Gasteiger partial charge in [0.15, 0.2) is 0 Å². The summed E-state index contributed by atoms with van der Waals surface area (Å²) in [6, 6.07) is 0. The lowest BCUT2D eigenvalue weighted by atomic mass is 10.2. The van der Waals surface area contributed by atoms with Crippen LogP contribution in [0.1, 0.15) is 25.7 Å². The van der Waals surface area contributed by atoms with Gasteiger partial charge >= 0.3 is 0 Å². The Morgan fingerprint density at radius 3 is 2.38 bits per heavy atom. The molecule has 0 aliphatic carbocycles. The number of likely N-dealkylation sites (N-methyl/N-ethyl adjacent to an activating group) is 1. The summed E-state index contributed by atoms with van der Waals surface area (Å²) >= 11 is 0. The van der Waals surface area contributed by atoms with Crippen molar-refractivity contribution in [3.05, 3.63) is 0 Å². The van der Waals surface area contributed by atoms with Crippen LogP contribution >= 0.6 is 0 Å². The van der Waals surface area contributed by atoms with Crippen LogP contribution in [0.15, 0.2) is 0 Å². The van der Waals surface area contributed by atoms with Crippen molar-refractivity contribution < 1.29 is 5.11 Å². The summed E-state index contributed by atoms with van der Waals surface area (Å²) in [6.45, 7) is 3.32. The molecule has 0 heterocycles. The third-order valence-corrected chi connectivity index (χ3v) is 2.20. The Labute approximate surface area is 82.1 Å². The average molecular weight is 188 g/mol. The third-order valence-electron chi connectivity index (χ3n) is 2.20. The van der Waals surface area contributed by atoms with Gasteiger partial charge in [0.1, 0.15) is 0 Å². The second-order valence-corrected chi connectivity index (χ2v) is 3.54. The monoisotopic (exact) mass is 188 g/mol. The number of aliphatic hydroxyl groups is 1. The first-order valence-corrected chi connectivity index (χ1v) is 5.25. The highest BCUT2D eigenvalue weighted by molar-refractivity contribution is 4.51. The van der Waals surface area contributed by atoms with Crippen LogP contribution in [0.4, 0.5) is 0 Å². The molecular weight excluding hydrogens is 164 g/mol. The van der Waals surface area contributed by atoms with Crippen LogP contribution in [0.25, 0.3) is 0 Å². The summed E-state index contributed by atoms with van der Waals surface area (Å²) in [6.07, 6.45) is 5.14. The van der Waals surface area contributed by atoms with Crippen molar-refractivity contribution in [1.29, 1.82) is 0 Å². The van der Waals surface area contributed by atoms with Crippen LogP contribution in [0.3, 0.4) is 0 Å². The largest absolute Gasteiger partial charge is 0.395 e. The second-order valence-electron chi connectivity index (χ2n) is 3.54. The Bertz CT molecular complexity index is 98.9. The van der Waals surface area contributed by atoms with Crippen molar-refractivity contribution in [3.8, 4) is 0 Å². The number of hydrogen-bond acceptors (Lipinski definition) is 3. The van der Waals surface area contributed by atoms with Gasteiger partial charge in [-0.2, -0.15) is 0 Å². The van der Waals surface area contributed by atoms with E-state index >= 15 is 0 Å². The summed E-state index contributed by atoms with van der Waals surface area (Å²) in [5, 5.41) is 11.8. The van der Waals surface area contributed by atoms with E-state index in [2.05, 4.69) is 17.3 Å². The molecule has 0 saturated carbocycles. The first-order valence-electron chi connectivity index (χ1n) is 5.25. The number of rotatable bonds is 9. The van der Waals surface area contributed by atoms with Gasteiger partial charge in [0.05, 0.1) is 6.61 Å². The molecule has 0 atom stereocenters. The van der Waals surface area contributed by atoms with E-state index in [0.717, 1.165) is 19.6 Å². The smallest absolute Gasteiger partial charge is 0.0558 e. The third kappa shape index (κ3) is 9.80. The first kappa shape index (κ1) is 12.9. The van der Waals surface area contributed by atoms with Crippen molar-refractivity contribution in [2.24, 2.45) is 0 Å². The number of nitrogens with one attached hydrogen (secondary N) is 1. The van der Waals surface area contributed by atoms with Gasteiger partial charge in [-0.05, 0) is 40.0 Å². The van der Waals surface area contributed by atoms with Crippen LogP contribution in [0, 0.1) is 0 Å². The van der Waals surface area contributed by atoms with Crippen molar-refractivity contribution in [3.63, 3.8) is 0 Å². The fraction of sp³-hybridized carbons (Fsp3) is 1.00. The minimum atomic E-state index is 0.274. The van der Waals surface area contributed by atoms with Crippen LogP contribution in [-0.2, 0) is 0 Å². The number of hydrogen-bond donors (Lipinski definition) is 2. The predicted octanol–water partition coefficient (Wildman–Crippen LogP) is 0.690. The van der Waals surface area contributed by atoms with E-state index in [0.29, 0.717) is 0 Å². The molecule has 3 heteroatoms. The van der Waals surface area contributed by atoms with Crippen molar-refractivity contribution >= 4 is 0 Å². The molecule has 0 aromatic rings. The normalized spacial score (nSPS) is 11.1. The van der Waals surface area contributed by atoms with E-state index in [-0.39, 0.29) is 6.61 Å². The molecule has 80 valence electrons. The molecule has 0 rings (SSSR count). The topological polar surface area (TPSA) is 35.5 Å². The summed E-state index contributed by atoms with van der Waals surface area (Å²) < 4.78 is 0. The number of aliphatic hydroxyl groups excluding tert-OH is 1. The Morgan fingerprint density at radius 2 is 1.77 bits per heavy atom. The van der Waals surface area contributed by atoms with E-state index in [1.54, 1.807) is 0 Å². The van der Waals surface area contributed by atoms with Gasteiger partial charge in [0.2, 0.25) is 0 Å². The Morgan fingerprint density at radius 1 is 1.08 bits per heavy atom. The minimum Gasteiger partial charge on any atom is -0.395 e. The molecule has 0 amide bonds. The summed E-state index contributed by atoms with van der Waals surface area (Å²) in [5.41, 5.74) is 0. The second kappa shape index (κ2) is 9.96. The van der Waals surface area contributed by atoms with Gasteiger partial charge in [-0.15, -0.1) is 0 Å². The summed E-state index contributed by atoms with van der Waals surface area (Å²) in [4.78, 5) is 2.18. The lowest BCUT2D eigenvalue weighted by Gasteiger charge is -2.14. The van der Waals surface area contributed by atoms with E-state index in [4.69, 9.17) is 5.11 Å². The lowest BCUT2D eigenvalue weighted by molar-refractivity contribution is 0.219. The molecule has 0 saturated heterocycles. The van der Waals surface area contributed by atoms with Gasteiger partial charge in [0, 0.05) is 6.54 Å². The molecule has 0 radical (unpaired) electrons. The van der Waals surface area contributed by atoms with E-state index < -0.39 is 0 Å². The van der Waals surface area contributed by atoms with Crippen LogP contribution < -0.4 is 5.32 Å². The van der Waals surface area contributed by atoms with Crippen LogP contribution in [0.5, 0.6) is 0 Å². The zero-order valence-electron chi connectivity index (χ0n) is 9.05. The van der Waals surface area contributed by atoms with Crippen LogP contribution in [-0.4, -0.2) is 50.3 Å². The SMILES string of the molecule is CNCCCCCCN(C)CCO. The molecule has 0 fully saturated rings. The molecule has 0 aromatic carbocycles. The van der Waals surface area contributed by atoms with E-state index in [9.17, 15) is 0 Å². The Hall–Kier alpha value is -0.120. The molecule has 0 aromatic heterocycles. The standard InChI is InChI=1S/C10H24N2O/c1-11-7-5-3-4-6-8-12(2)9-10-13/h11,13H,3-10H2,1-2H3. The quantitative estimate of drug-likeness (QED) is 0.523. The minimum absolute atomic E-state index is 0.274. The number of nitrogens with zero attached hydrogens (tertiary/aromatic N) is 1. The Balaban J connectivity index is 2.97. The molecule has 2 N–H and O–H groups in total. The summed E-state index contributed by atoms with van der Waals surface area (Å²) in [7, 11) is 4.05. The van der Waals surface area contributed by atoms with Gasteiger partial charge < -0.3 is 15.3 Å². The van der Waals surface area contributed by atoms with E-state index in [1.807, 2.05) is 7.05 Å². The van der Waals surface area contributed by atoms with Gasteiger partial charge in [-0.1, -0.05) is 12.8 Å². The average Bonchev–Trinajstić information content (AvgIpc) is 2.11. The molecule has 0 unspecified atom stereocenters. The Kier molecular flexibility index (Phi) is 9.87. The zero-order chi connectivity index (χ0) is 9.94. The van der Waals surface area contributed by atoms with Gasteiger partial charge in [-0.25, -0.2) is 0 Å². The molecule has 0 aliphatic heterocycles. The summed E-state index contributed by atoms with van der Waals surface area (Å²) in [5.74, 6) is 0. The molecule has 0 aliphatic rings. The lowest BCUT2D eigenvalue weighted by Crippen LogP contribution is -2.23. The molecular formula is C10H24N2O. The van der Waals surface area contributed by atoms with E-state index in [1.165, 1.54) is 25.7 Å². The fourth-order valence-electron chi connectivity index (χ4n) is 1.32. The van der Waals surface area contributed by atoms with Crippen molar-refractivity contribution in [2.45, 2.75) is 25.7 Å². The van der Waals surface area contributed by atoms with Crippen molar-refractivity contribution in [2.75, 3.05) is 40.3 Å². The highest BCUT2D eigenvalue weighted by Gasteiger charge is 1.95. The first-order chi connectivity index (χ1) is 6.31. The maximum atomic E-state index is 8.66. The van der Waals surface area contributed by atoms with Gasteiger partial charge in [0.25, 0.3) is 0 Å². The highest BCUT2D eigenvalue weighted by atomic mass is 16.3. The molecule has 0 spiro atoms. The zero-order valence-corrected chi connectivity index (χ0v) is 9.05. The molecule has 3 nitrogen and oxygen atoms in total. The maximum Gasteiger partial charge on any atom is 0.0558 e. The number of unbranched alkanes of at least 4 members (excludes halogenated alkanes) is 3.